The normalized spacial score (nSPS) is 29.9. The minimum atomic E-state index is 0.346. The van der Waals surface area contributed by atoms with Crippen LogP contribution in [0.2, 0.25) is 0 Å². The van der Waals surface area contributed by atoms with Crippen LogP contribution in [0.5, 0.6) is 0 Å². The highest BCUT2D eigenvalue weighted by molar-refractivity contribution is 5.16. The van der Waals surface area contributed by atoms with E-state index in [4.69, 9.17) is 4.74 Å². The van der Waals surface area contributed by atoms with Crippen LogP contribution in [-0.2, 0) is 4.74 Å². The lowest BCUT2D eigenvalue weighted by Crippen LogP contribution is -2.30. The van der Waals surface area contributed by atoms with E-state index in [0.29, 0.717) is 18.1 Å². The third-order valence-corrected chi connectivity index (χ3v) is 4.21. The summed E-state index contributed by atoms with van der Waals surface area (Å²) in [6.07, 6.45) is 7.84. The molecule has 5 nitrogen and oxygen atoms in total. The molecule has 5 heteroatoms. The Morgan fingerprint density at radius 3 is 3.25 bits per heavy atom. The van der Waals surface area contributed by atoms with Gasteiger partial charge in [-0.1, -0.05) is 6.07 Å². The van der Waals surface area contributed by atoms with E-state index in [-0.39, 0.29) is 0 Å². The summed E-state index contributed by atoms with van der Waals surface area (Å²) in [5.41, 5.74) is 7.86. The van der Waals surface area contributed by atoms with Crippen molar-refractivity contribution in [2.45, 2.75) is 31.4 Å². The number of ether oxygens (including phenoxy) is 1. The Hall–Kier alpha value is -1.01. The van der Waals surface area contributed by atoms with Gasteiger partial charge in [-0.3, -0.25) is 10.4 Å². The molecule has 1 aromatic heterocycles. The van der Waals surface area contributed by atoms with Crippen molar-refractivity contribution in [3.05, 3.63) is 30.1 Å². The van der Waals surface area contributed by atoms with Crippen LogP contribution in [0.25, 0.3) is 0 Å². The molecule has 0 amide bonds. The predicted octanol–water partition coefficient (Wildman–Crippen LogP) is 1.01. The molecule has 3 rings (SSSR count). The van der Waals surface area contributed by atoms with Crippen LogP contribution >= 0.6 is 0 Å². The molecule has 1 aromatic rings. The number of nitrogens with one attached hydrogen (secondary N) is 3. The fourth-order valence-electron chi connectivity index (χ4n) is 3.06. The van der Waals surface area contributed by atoms with Gasteiger partial charge in [0.05, 0.1) is 12.1 Å². The van der Waals surface area contributed by atoms with Crippen molar-refractivity contribution in [1.82, 2.24) is 21.2 Å². The second-order valence-corrected chi connectivity index (χ2v) is 5.68. The first-order chi connectivity index (χ1) is 9.93. The molecule has 3 heterocycles. The third kappa shape index (κ3) is 3.55. The maximum absolute atomic E-state index is 5.64. The zero-order chi connectivity index (χ0) is 13.6. The molecular formula is C15H24N4O. The lowest BCUT2D eigenvalue weighted by Gasteiger charge is -2.19. The summed E-state index contributed by atoms with van der Waals surface area (Å²) >= 11 is 0. The van der Waals surface area contributed by atoms with Gasteiger partial charge in [-0.15, -0.1) is 0 Å². The molecule has 2 saturated heterocycles. The van der Waals surface area contributed by atoms with E-state index < -0.39 is 0 Å². The van der Waals surface area contributed by atoms with Gasteiger partial charge in [-0.05, 0) is 37.4 Å². The topological polar surface area (TPSA) is 58.2 Å². The molecule has 2 aliphatic rings. The average Bonchev–Trinajstić information content (AvgIpc) is 3.16. The molecule has 110 valence electrons. The summed E-state index contributed by atoms with van der Waals surface area (Å²) in [4.78, 5) is 4.21. The fourth-order valence-corrected chi connectivity index (χ4v) is 3.06. The van der Waals surface area contributed by atoms with Crippen molar-refractivity contribution in [3.8, 4) is 0 Å². The highest BCUT2D eigenvalue weighted by Gasteiger charge is 2.27. The average molecular weight is 276 g/mol. The number of nitrogens with zero attached hydrogens (tertiary/aromatic N) is 1. The fraction of sp³-hybridized carbons (Fsp3) is 0.667. The smallest absolute Gasteiger partial charge is 0.0588 e. The van der Waals surface area contributed by atoms with Gasteiger partial charge in [0.15, 0.2) is 0 Å². The summed E-state index contributed by atoms with van der Waals surface area (Å²) in [7, 11) is 0. The highest BCUT2D eigenvalue weighted by Crippen LogP contribution is 2.23. The van der Waals surface area contributed by atoms with Crippen molar-refractivity contribution in [2.24, 2.45) is 5.92 Å². The molecular weight excluding hydrogens is 252 g/mol. The molecule has 20 heavy (non-hydrogen) atoms. The van der Waals surface area contributed by atoms with Gasteiger partial charge in [0.1, 0.15) is 0 Å². The van der Waals surface area contributed by atoms with Crippen LogP contribution in [0.15, 0.2) is 24.5 Å². The summed E-state index contributed by atoms with van der Waals surface area (Å²) in [6.45, 7) is 4.00. The molecule has 3 N–H and O–H groups in total. The van der Waals surface area contributed by atoms with E-state index in [1.807, 2.05) is 18.5 Å². The minimum Gasteiger partial charge on any atom is -0.378 e. The largest absolute Gasteiger partial charge is 0.378 e. The Labute approximate surface area is 120 Å². The zero-order valence-corrected chi connectivity index (χ0v) is 11.8. The van der Waals surface area contributed by atoms with Crippen molar-refractivity contribution < 1.29 is 4.74 Å². The molecule has 0 aromatic carbocycles. The second-order valence-electron chi connectivity index (χ2n) is 5.68. The number of aromatic nitrogens is 1. The summed E-state index contributed by atoms with van der Waals surface area (Å²) in [6, 6.07) is 4.48. The third-order valence-electron chi connectivity index (χ3n) is 4.21. The van der Waals surface area contributed by atoms with Gasteiger partial charge in [0.2, 0.25) is 0 Å². The molecule has 0 radical (unpaired) electrons. The lowest BCUT2D eigenvalue weighted by molar-refractivity contribution is 0.104. The van der Waals surface area contributed by atoms with Crippen molar-refractivity contribution in [3.63, 3.8) is 0 Å². The highest BCUT2D eigenvalue weighted by atomic mass is 16.5. The SMILES string of the molecule is c1cncc(C2NNCC2CNCCC2CCCO2)c1. The van der Waals surface area contributed by atoms with Crippen LogP contribution in [-0.4, -0.2) is 37.3 Å². The first-order valence-electron chi connectivity index (χ1n) is 7.64. The van der Waals surface area contributed by atoms with E-state index in [9.17, 15) is 0 Å². The van der Waals surface area contributed by atoms with Gasteiger partial charge in [0.25, 0.3) is 0 Å². The van der Waals surface area contributed by atoms with Crippen molar-refractivity contribution >= 4 is 0 Å². The van der Waals surface area contributed by atoms with E-state index >= 15 is 0 Å². The van der Waals surface area contributed by atoms with Crippen molar-refractivity contribution in [1.29, 1.82) is 0 Å². The van der Waals surface area contributed by atoms with Gasteiger partial charge >= 0.3 is 0 Å². The zero-order valence-electron chi connectivity index (χ0n) is 11.8. The van der Waals surface area contributed by atoms with Gasteiger partial charge in [0, 0.05) is 38.0 Å². The van der Waals surface area contributed by atoms with Gasteiger partial charge < -0.3 is 10.1 Å². The minimum absolute atomic E-state index is 0.346. The van der Waals surface area contributed by atoms with Crippen molar-refractivity contribution in [2.75, 3.05) is 26.2 Å². The maximum atomic E-state index is 5.64. The van der Waals surface area contributed by atoms with Gasteiger partial charge in [-0.25, -0.2) is 5.43 Å². The molecule has 2 aliphatic heterocycles. The number of hydrazine groups is 1. The van der Waals surface area contributed by atoms with Gasteiger partial charge in [-0.2, -0.15) is 0 Å². The van der Waals surface area contributed by atoms with E-state index in [2.05, 4.69) is 27.2 Å². The molecule has 0 saturated carbocycles. The second kappa shape index (κ2) is 7.13. The Kier molecular flexibility index (Phi) is 4.97. The van der Waals surface area contributed by atoms with Crippen LogP contribution in [0, 0.1) is 5.92 Å². The molecule has 0 aliphatic carbocycles. The van der Waals surface area contributed by atoms with E-state index in [0.717, 1.165) is 32.7 Å². The number of pyridine rings is 1. The summed E-state index contributed by atoms with van der Waals surface area (Å²) in [5, 5.41) is 3.57. The monoisotopic (exact) mass is 276 g/mol. The van der Waals surface area contributed by atoms with Crippen LogP contribution in [0.3, 0.4) is 0 Å². The maximum Gasteiger partial charge on any atom is 0.0588 e. The lowest BCUT2D eigenvalue weighted by atomic mass is 9.96. The number of rotatable bonds is 6. The predicted molar refractivity (Wildman–Crippen MR) is 78.1 cm³/mol. The molecule has 3 unspecified atom stereocenters. The Balaban J connectivity index is 1.42. The Morgan fingerprint density at radius 1 is 1.45 bits per heavy atom. The Bertz CT molecular complexity index is 394. The molecule has 3 atom stereocenters. The summed E-state index contributed by atoms with van der Waals surface area (Å²) < 4.78 is 5.64. The van der Waals surface area contributed by atoms with E-state index in [1.54, 1.807) is 0 Å². The Morgan fingerprint density at radius 2 is 2.45 bits per heavy atom. The van der Waals surface area contributed by atoms with E-state index in [1.165, 1.54) is 18.4 Å². The number of hydrogen-bond donors (Lipinski definition) is 3. The molecule has 2 fully saturated rings. The standard InChI is InChI=1S/C15H24N4O/c1-3-12(9-16-6-1)15-13(11-18-19-15)10-17-7-5-14-4-2-8-20-14/h1,3,6,9,13-15,17-19H,2,4-5,7-8,10-11H2. The molecule has 0 spiro atoms. The van der Waals surface area contributed by atoms with Crippen LogP contribution in [0.1, 0.15) is 30.9 Å². The first-order valence-corrected chi connectivity index (χ1v) is 7.64. The van der Waals surface area contributed by atoms with Crippen LogP contribution in [0.4, 0.5) is 0 Å². The first kappa shape index (κ1) is 13.9. The quantitative estimate of drug-likeness (QED) is 0.677. The summed E-state index contributed by atoms with van der Waals surface area (Å²) in [5.74, 6) is 0.559. The molecule has 0 bridgehead atoms. The van der Waals surface area contributed by atoms with Crippen LogP contribution < -0.4 is 16.2 Å². The number of hydrogen-bond acceptors (Lipinski definition) is 5.